The summed E-state index contributed by atoms with van der Waals surface area (Å²) in [5, 5.41) is 6.28. The molecule has 4 heterocycles. The van der Waals surface area contributed by atoms with Crippen molar-refractivity contribution in [1.82, 2.24) is 20.1 Å². The Morgan fingerprint density at radius 1 is 1.10 bits per heavy atom. The molecule has 9 nitrogen and oxygen atoms in total. The van der Waals surface area contributed by atoms with Crippen LogP contribution in [0.15, 0.2) is 53.6 Å². The van der Waals surface area contributed by atoms with Crippen LogP contribution in [0.25, 0.3) is 0 Å². The minimum atomic E-state index is -4.43. The molecule has 0 radical (unpaired) electrons. The first kappa shape index (κ1) is 26.9. The number of pyridine rings is 1. The third-order valence-electron chi connectivity index (χ3n) is 6.99. The lowest BCUT2D eigenvalue weighted by Gasteiger charge is -2.35. The number of rotatable bonds is 7. The van der Waals surface area contributed by atoms with Crippen molar-refractivity contribution < 1.29 is 22.7 Å². The first-order chi connectivity index (χ1) is 18.7. The van der Waals surface area contributed by atoms with Crippen molar-refractivity contribution in [3.8, 4) is 0 Å². The highest BCUT2D eigenvalue weighted by atomic mass is 35.5. The Labute approximate surface area is 227 Å². The van der Waals surface area contributed by atoms with Gasteiger partial charge in [0.15, 0.2) is 0 Å². The number of piperazine rings is 1. The van der Waals surface area contributed by atoms with Crippen molar-refractivity contribution in [3.05, 3.63) is 80.9 Å². The van der Waals surface area contributed by atoms with Crippen molar-refractivity contribution >= 4 is 29.0 Å². The number of aromatic nitrogens is 3. The van der Waals surface area contributed by atoms with Gasteiger partial charge >= 0.3 is 6.18 Å². The summed E-state index contributed by atoms with van der Waals surface area (Å²) in [7, 11) is 0. The topological polar surface area (TPSA) is 94.7 Å². The van der Waals surface area contributed by atoms with Crippen LogP contribution in [-0.4, -0.2) is 65.4 Å². The van der Waals surface area contributed by atoms with E-state index in [0.29, 0.717) is 50.8 Å². The monoisotopic (exact) mass is 562 g/mol. The van der Waals surface area contributed by atoms with Crippen LogP contribution in [0.4, 0.5) is 24.7 Å². The van der Waals surface area contributed by atoms with E-state index in [1.54, 1.807) is 4.90 Å². The van der Waals surface area contributed by atoms with Gasteiger partial charge in [-0.15, -0.1) is 0 Å². The summed E-state index contributed by atoms with van der Waals surface area (Å²) in [5.74, 6) is 0.399. The number of nitrogens with one attached hydrogen (secondary N) is 1. The first-order valence-corrected chi connectivity index (χ1v) is 12.8. The summed E-state index contributed by atoms with van der Waals surface area (Å²) >= 11 is 6.28. The first-order valence-electron chi connectivity index (χ1n) is 12.4. The largest absolute Gasteiger partial charge is 0.417 e. The summed E-state index contributed by atoms with van der Waals surface area (Å²) in [6, 6.07) is 10.1. The molecule has 206 valence electrons. The van der Waals surface area contributed by atoms with Gasteiger partial charge in [-0.3, -0.25) is 9.59 Å². The number of amides is 1. The van der Waals surface area contributed by atoms with Crippen LogP contribution in [0, 0.1) is 0 Å². The van der Waals surface area contributed by atoms with E-state index in [-0.39, 0.29) is 30.0 Å². The number of H-pyrrole nitrogens is 1. The summed E-state index contributed by atoms with van der Waals surface area (Å²) in [6.45, 7) is 2.90. The van der Waals surface area contributed by atoms with Crippen molar-refractivity contribution in [3.63, 3.8) is 0 Å². The van der Waals surface area contributed by atoms with Gasteiger partial charge in [-0.2, -0.15) is 18.3 Å². The molecule has 13 heteroatoms. The van der Waals surface area contributed by atoms with Gasteiger partial charge in [0.05, 0.1) is 43.1 Å². The molecule has 5 rings (SSSR count). The predicted octanol–water partition coefficient (Wildman–Crippen LogP) is 3.65. The van der Waals surface area contributed by atoms with Crippen molar-refractivity contribution in [2.24, 2.45) is 0 Å². The Hall–Kier alpha value is -3.64. The van der Waals surface area contributed by atoms with Gasteiger partial charge in [0.2, 0.25) is 5.91 Å². The Kier molecular flexibility index (Phi) is 7.76. The summed E-state index contributed by atoms with van der Waals surface area (Å²) in [4.78, 5) is 34.3. The number of hydrogen-bond donors (Lipinski definition) is 1. The van der Waals surface area contributed by atoms with Gasteiger partial charge in [0, 0.05) is 38.9 Å². The number of alkyl halides is 3. The minimum Gasteiger partial charge on any atom is -0.378 e. The summed E-state index contributed by atoms with van der Waals surface area (Å²) in [5.41, 5.74) is 1.42. The van der Waals surface area contributed by atoms with E-state index in [2.05, 4.69) is 15.2 Å². The van der Waals surface area contributed by atoms with E-state index in [9.17, 15) is 22.8 Å². The highest BCUT2D eigenvalue weighted by Crippen LogP contribution is 2.39. The highest BCUT2D eigenvalue weighted by molar-refractivity contribution is 6.33. The molecular formula is C26H26ClF3N6O3. The molecule has 1 aromatic carbocycles. The number of carbonyl (C=O) groups excluding carboxylic acids is 1. The molecule has 1 fully saturated rings. The molecular weight excluding hydrogens is 537 g/mol. The molecule has 2 aromatic heterocycles. The van der Waals surface area contributed by atoms with Crippen molar-refractivity contribution in [2.75, 3.05) is 49.2 Å². The number of fused-ring (bicyclic) bond motifs is 1. The van der Waals surface area contributed by atoms with E-state index in [1.165, 1.54) is 12.3 Å². The highest BCUT2D eigenvalue weighted by Gasteiger charge is 2.33. The summed E-state index contributed by atoms with van der Waals surface area (Å²) in [6.07, 6.45) is -1.89. The Morgan fingerprint density at radius 2 is 1.87 bits per heavy atom. The van der Waals surface area contributed by atoms with Crippen LogP contribution in [0.2, 0.25) is 5.02 Å². The lowest BCUT2D eigenvalue weighted by Crippen LogP contribution is -2.49. The third kappa shape index (κ3) is 5.86. The van der Waals surface area contributed by atoms with Crippen molar-refractivity contribution in [1.29, 1.82) is 0 Å². The van der Waals surface area contributed by atoms with Gasteiger partial charge in [-0.1, -0.05) is 35.9 Å². The molecule has 0 saturated carbocycles. The minimum absolute atomic E-state index is 0.0551. The zero-order valence-corrected chi connectivity index (χ0v) is 21.6. The molecule has 0 spiro atoms. The number of aromatic amines is 1. The molecule has 2 aliphatic rings. The molecule has 1 atom stereocenters. The smallest absolute Gasteiger partial charge is 0.378 e. The Bertz CT molecular complexity index is 1380. The number of halogens is 4. The molecule has 0 aliphatic carbocycles. The standard InChI is InChI=1S/C26H26ClF3N6O3/c27-24-20(14-32-33-25(24)38)36-15-17-3-1-2-4-19(17)21(36)16-39-12-7-23(37)35-10-8-34(9-11-35)22-6-5-18(13-31-22)26(28,29)30/h1-6,13-14,21H,7-12,15-16H2,(H,33,38)/t21-/m0/s1. The quantitative estimate of drug-likeness (QED) is 0.439. The molecule has 1 N–H and O–H groups in total. The SMILES string of the molecule is O=C(CCOC[C@H]1c2ccccc2CN1c1cn[nH]c(=O)c1Cl)N1CCN(c2ccc(C(F)(F)F)cn2)CC1. The van der Waals surface area contributed by atoms with Gasteiger partial charge < -0.3 is 19.4 Å². The Morgan fingerprint density at radius 3 is 2.59 bits per heavy atom. The second-order valence-corrected chi connectivity index (χ2v) is 9.71. The van der Waals surface area contributed by atoms with E-state index in [1.807, 2.05) is 34.1 Å². The van der Waals surface area contributed by atoms with Crippen LogP contribution in [0.5, 0.6) is 0 Å². The maximum atomic E-state index is 12.8. The predicted molar refractivity (Wildman–Crippen MR) is 139 cm³/mol. The second kappa shape index (κ2) is 11.2. The van der Waals surface area contributed by atoms with Crippen LogP contribution in [0.1, 0.15) is 29.2 Å². The maximum absolute atomic E-state index is 12.8. The average Bonchev–Trinajstić information content (AvgIpc) is 3.30. The lowest BCUT2D eigenvalue weighted by atomic mass is 10.1. The van der Waals surface area contributed by atoms with Gasteiger partial charge in [0.25, 0.3) is 5.56 Å². The molecule has 39 heavy (non-hydrogen) atoms. The lowest BCUT2D eigenvalue weighted by molar-refractivity contribution is -0.138. The fourth-order valence-corrected chi connectivity index (χ4v) is 5.11. The van der Waals surface area contributed by atoms with E-state index < -0.39 is 17.3 Å². The number of hydrogen-bond acceptors (Lipinski definition) is 7. The number of nitrogens with zero attached hydrogens (tertiary/aromatic N) is 5. The van der Waals surface area contributed by atoms with Crippen molar-refractivity contribution in [2.45, 2.75) is 25.2 Å². The zero-order chi connectivity index (χ0) is 27.6. The third-order valence-corrected chi connectivity index (χ3v) is 7.35. The molecule has 2 aliphatic heterocycles. The second-order valence-electron chi connectivity index (χ2n) is 9.34. The van der Waals surface area contributed by atoms with Crippen LogP contribution in [-0.2, 0) is 22.3 Å². The molecule has 0 bridgehead atoms. The van der Waals surface area contributed by atoms with Crippen LogP contribution < -0.4 is 15.4 Å². The fraction of sp³-hybridized carbons (Fsp3) is 0.385. The fourth-order valence-electron chi connectivity index (χ4n) is 4.91. The maximum Gasteiger partial charge on any atom is 0.417 e. The summed E-state index contributed by atoms with van der Waals surface area (Å²) < 4.78 is 44.3. The normalized spacial score (nSPS) is 17.4. The number of ether oxygens (including phenoxy) is 1. The van der Waals surface area contributed by atoms with E-state index in [4.69, 9.17) is 16.3 Å². The average molecular weight is 563 g/mol. The van der Waals surface area contributed by atoms with Gasteiger partial charge in [-0.25, -0.2) is 10.1 Å². The van der Waals surface area contributed by atoms with E-state index in [0.717, 1.165) is 23.4 Å². The molecule has 3 aromatic rings. The van der Waals surface area contributed by atoms with Gasteiger partial charge in [-0.05, 0) is 23.3 Å². The Balaban J connectivity index is 1.13. The molecule has 0 unspecified atom stereocenters. The van der Waals surface area contributed by atoms with Crippen LogP contribution in [0.3, 0.4) is 0 Å². The number of benzene rings is 1. The van der Waals surface area contributed by atoms with Gasteiger partial charge in [0.1, 0.15) is 10.8 Å². The number of anilines is 2. The number of carbonyl (C=O) groups is 1. The zero-order valence-electron chi connectivity index (χ0n) is 20.8. The van der Waals surface area contributed by atoms with E-state index >= 15 is 0 Å². The molecule has 1 saturated heterocycles. The molecule has 1 amide bonds. The van der Waals surface area contributed by atoms with Crippen LogP contribution >= 0.6 is 11.6 Å².